The third-order valence-corrected chi connectivity index (χ3v) is 3.87. The maximum absolute atomic E-state index is 14.2. The van der Waals surface area contributed by atoms with Crippen molar-refractivity contribution in [2.24, 2.45) is 9.98 Å². The molecule has 2 aromatic rings. The number of hydrogen-bond donors (Lipinski definition) is 1. The summed E-state index contributed by atoms with van der Waals surface area (Å²) in [5, 5.41) is 3.02. The van der Waals surface area contributed by atoms with E-state index in [1.54, 1.807) is 17.0 Å². The summed E-state index contributed by atoms with van der Waals surface area (Å²) < 4.78 is 54.7. The molecule has 2 heterocycles. The summed E-state index contributed by atoms with van der Waals surface area (Å²) in [6.45, 7) is 1.03. The summed E-state index contributed by atoms with van der Waals surface area (Å²) in [6.07, 6.45) is -4.74. The van der Waals surface area contributed by atoms with Gasteiger partial charge in [0.25, 0.3) is 0 Å². The third kappa shape index (κ3) is 3.07. The van der Waals surface area contributed by atoms with Gasteiger partial charge in [-0.05, 0) is 36.4 Å². The molecule has 0 bridgehead atoms. The van der Waals surface area contributed by atoms with Crippen molar-refractivity contribution < 1.29 is 22.3 Å². The van der Waals surface area contributed by atoms with Gasteiger partial charge in [0.15, 0.2) is 11.7 Å². The predicted molar refractivity (Wildman–Crippen MR) is 89.9 cm³/mol. The average molecular weight is 364 g/mol. The van der Waals surface area contributed by atoms with E-state index in [2.05, 4.69) is 20.0 Å². The Labute approximate surface area is 145 Å². The third-order valence-electron chi connectivity index (χ3n) is 3.87. The van der Waals surface area contributed by atoms with Crippen LogP contribution in [0.15, 0.2) is 52.4 Å². The molecule has 2 aliphatic rings. The van der Waals surface area contributed by atoms with Crippen LogP contribution in [-0.4, -0.2) is 31.1 Å². The van der Waals surface area contributed by atoms with Gasteiger partial charge in [0.2, 0.25) is 0 Å². The second-order valence-corrected chi connectivity index (χ2v) is 5.62. The van der Waals surface area contributed by atoms with E-state index < -0.39 is 6.36 Å². The molecule has 2 aliphatic heterocycles. The first-order valence-electron chi connectivity index (χ1n) is 7.73. The summed E-state index contributed by atoms with van der Waals surface area (Å²) in [7, 11) is 0. The van der Waals surface area contributed by atoms with E-state index in [-0.39, 0.29) is 11.6 Å². The number of nitrogens with one attached hydrogen (secondary N) is 1. The van der Waals surface area contributed by atoms with Gasteiger partial charge in [0.1, 0.15) is 17.3 Å². The van der Waals surface area contributed by atoms with Crippen LogP contribution in [0.4, 0.5) is 34.6 Å². The molecule has 134 valence electrons. The average Bonchev–Trinajstić information content (AvgIpc) is 3.05. The SMILES string of the molecule is Fc1cccc2c1N1CCN=C1C(Nc1ccc(OC(F)(F)F)cc1)=N2. The number of benzene rings is 2. The molecule has 9 heteroatoms. The highest BCUT2D eigenvalue weighted by atomic mass is 19.4. The Kier molecular flexibility index (Phi) is 3.78. The van der Waals surface area contributed by atoms with Crippen molar-refractivity contribution >= 4 is 28.7 Å². The largest absolute Gasteiger partial charge is 0.573 e. The minimum atomic E-state index is -4.74. The van der Waals surface area contributed by atoms with E-state index in [1.165, 1.54) is 30.3 Å². The van der Waals surface area contributed by atoms with Crippen LogP contribution in [0.25, 0.3) is 0 Å². The first kappa shape index (κ1) is 16.4. The van der Waals surface area contributed by atoms with Gasteiger partial charge in [-0.1, -0.05) is 6.07 Å². The second-order valence-electron chi connectivity index (χ2n) is 5.62. The lowest BCUT2D eigenvalue weighted by atomic mass is 10.2. The van der Waals surface area contributed by atoms with Crippen LogP contribution >= 0.6 is 0 Å². The predicted octanol–water partition coefficient (Wildman–Crippen LogP) is 4.10. The monoisotopic (exact) mass is 364 g/mol. The topological polar surface area (TPSA) is 49.2 Å². The zero-order valence-corrected chi connectivity index (χ0v) is 13.2. The Balaban J connectivity index is 1.62. The number of rotatable bonds is 2. The van der Waals surface area contributed by atoms with Crippen LogP contribution in [-0.2, 0) is 0 Å². The second kappa shape index (κ2) is 6.01. The lowest BCUT2D eigenvalue weighted by Gasteiger charge is -2.28. The van der Waals surface area contributed by atoms with E-state index in [9.17, 15) is 17.6 Å². The minimum Gasteiger partial charge on any atom is -0.406 e. The normalized spacial score (nSPS) is 15.8. The zero-order chi connectivity index (χ0) is 18.3. The summed E-state index contributed by atoms with van der Waals surface area (Å²) in [4.78, 5) is 10.5. The van der Waals surface area contributed by atoms with Crippen LogP contribution in [0.1, 0.15) is 0 Å². The zero-order valence-electron chi connectivity index (χ0n) is 13.2. The molecule has 0 radical (unpaired) electrons. The van der Waals surface area contributed by atoms with E-state index in [1.807, 2.05) is 0 Å². The quantitative estimate of drug-likeness (QED) is 0.817. The van der Waals surface area contributed by atoms with Crippen LogP contribution in [0, 0.1) is 5.82 Å². The number of ether oxygens (including phenoxy) is 1. The molecule has 4 rings (SSSR count). The van der Waals surface area contributed by atoms with E-state index >= 15 is 0 Å². The van der Waals surface area contributed by atoms with Gasteiger partial charge >= 0.3 is 6.36 Å². The lowest BCUT2D eigenvalue weighted by molar-refractivity contribution is -0.274. The molecule has 5 nitrogen and oxygen atoms in total. The van der Waals surface area contributed by atoms with Crippen molar-refractivity contribution in [3.63, 3.8) is 0 Å². The summed E-state index contributed by atoms with van der Waals surface area (Å²) in [5.41, 5.74) is 1.35. The summed E-state index contributed by atoms with van der Waals surface area (Å²) in [6, 6.07) is 9.88. The molecule has 2 aromatic carbocycles. The van der Waals surface area contributed by atoms with Crippen molar-refractivity contribution in [3.05, 3.63) is 48.3 Å². The lowest BCUT2D eigenvalue weighted by Crippen LogP contribution is -2.40. The molecule has 26 heavy (non-hydrogen) atoms. The van der Waals surface area contributed by atoms with Crippen molar-refractivity contribution in [1.82, 2.24) is 0 Å². The highest BCUT2D eigenvalue weighted by Crippen LogP contribution is 2.36. The van der Waals surface area contributed by atoms with Crippen LogP contribution in [0.2, 0.25) is 0 Å². The fourth-order valence-electron chi connectivity index (χ4n) is 2.86. The standard InChI is InChI=1S/C17H12F4N4O/c18-12-2-1-3-13-14(12)25-9-8-22-16(25)15(24-13)23-10-4-6-11(7-5-10)26-17(19,20)21/h1-7H,8-9H2,(H,23,24). The smallest absolute Gasteiger partial charge is 0.406 e. The Morgan fingerprint density at radius 3 is 2.58 bits per heavy atom. The van der Waals surface area contributed by atoms with Crippen molar-refractivity contribution in [1.29, 1.82) is 0 Å². The summed E-state index contributed by atoms with van der Waals surface area (Å²) in [5.74, 6) is 0.206. The van der Waals surface area contributed by atoms with E-state index in [0.717, 1.165) is 0 Å². The van der Waals surface area contributed by atoms with Crippen molar-refractivity contribution in [3.8, 4) is 5.75 Å². The van der Waals surface area contributed by atoms with Crippen LogP contribution < -0.4 is 15.0 Å². The number of hydrogen-bond acceptors (Lipinski definition) is 5. The van der Waals surface area contributed by atoms with Crippen LogP contribution in [0.3, 0.4) is 0 Å². The highest BCUT2D eigenvalue weighted by Gasteiger charge is 2.32. The van der Waals surface area contributed by atoms with Gasteiger partial charge in [-0.3, -0.25) is 4.99 Å². The number of halogens is 4. The number of anilines is 2. The number of alkyl halides is 3. The Hall–Kier alpha value is -3.10. The molecule has 0 saturated carbocycles. The molecule has 0 saturated heterocycles. The first-order chi connectivity index (χ1) is 12.4. The van der Waals surface area contributed by atoms with Crippen LogP contribution in [0.5, 0.6) is 5.75 Å². The summed E-state index contributed by atoms with van der Waals surface area (Å²) >= 11 is 0. The minimum absolute atomic E-state index is 0.319. The van der Waals surface area contributed by atoms with Crippen molar-refractivity contribution in [2.75, 3.05) is 23.3 Å². The molecule has 1 N–H and O–H groups in total. The van der Waals surface area contributed by atoms with Gasteiger partial charge in [0.05, 0.1) is 12.2 Å². The van der Waals surface area contributed by atoms with E-state index in [4.69, 9.17) is 0 Å². The van der Waals surface area contributed by atoms with Crippen molar-refractivity contribution in [2.45, 2.75) is 6.36 Å². The molecular weight excluding hydrogens is 352 g/mol. The molecule has 0 amide bonds. The number of amidine groups is 2. The molecule has 0 unspecified atom stereocenters. The maximum Gasteiger partial charge on any atom is 0.573 e. The fourth-order valence-corrected chi connectivity index (χ4v) is 2.86. The molecule has 0 aliphatic carbocycles. The Morgan fingerprint density at radius 1 is 1.08 bits per heavy atom. The van der Waals surface area contributed by atoms with Gasteiger partial charge in [0, 0.05) is 12.2 Å². The molecule has 0 fully saturated rings. The Morgan fingerprint density at radius 2 is 1.85 bits per heavy atom. The van der Waals surface area contributed by atoms with E-state index in [0.29, 0.717) is 41.8 Å². The first-order valence-corrected chi connectivity index (χ1v) is 7.73. The molecular formula is C17H12F4N4O. The number of para-hydroxylation sites is 1. The number of aliphatic imine (C=N–C) groups is 2. The molecule has 0 atom stereocenters. The fraction of sp³-hybridized carbons (Fsp3) is 0.176. The molecule has 0 aromatic heterocycles. The maximum atomic E-state index is 14.2. The highest BCUT2D eigenvalue weighted by molar-refractivity contribution is 6.51. The number of fused-ring (bicyclic) bond motifs is 3. The van der Waals surface area contributed by atoms with Gasteiger partial charge in [-0.15, -0.1) is 13.2 Å². The van der Waals surface area contributed by atoms with Gasteiger partial charge < -0.3 is 15.0 Å². The van der Waals surface area contributed by atoms with Gasteiger partial charge in [-0.2, -0.15) is 0 Å². The number of nitrogens with zero attached hydrogens (tertiary/aromatic N) is 3. The molecule has 0 spiro atoms. The van der Waals surface area contributed by atoms with Gasteiger partial charge in [-0.25, -0.2) is 9.38 Å². The Bertz CT molecular complexity index is 906.